The zero-order valence-electron chi connectivity index (χ0n) is 12.0. The Hall–Kier alpha value is -1.05. The average molecular weight is 331 g/mol. The molecule has 21 heavy (non-hydrogen) atoms. The molecule has 1 amide bonds. The molecule has 1 N–H and O–H groups in total. The Bertz CT molecular complexity index is 483. The van der Waals surface area contributed by atoms with Crippen LogP contribution in [0.2, 0.25) is 5.15 Å². The molecule has 1 aromatic rings. The maximum atomic E-state index is 11.5. The highest BCUT2D eigenvalue weighted by Gasteiger charge is 2.15. The van der Waals surface area contributed by atoms with Gasteiger partial charge in [0.2, 0.25) is 0 Å². The zero-order chi connectivity index (χ0) is 15.1. The Labute approximate surface area is 133 Å². The van der Waals surface area contributed by atoms with Gasteiger partial charge in [-0.1, -0.05) is 23.4 Å². The van der Waals surface area contributed by atoms with Crippen molar-refractivity contribution in [3.05, 3.63) is 11.2 Å². The number of carbonyl (C=O) groups is 1. The normalized spacial score (nSPS) is 15.0. The molecule has 116 valence electrons. The van der Waals surface area contributed by atoms with Crippen LogP contribution in [-0.4, -0.2) is 41.3 Å². The third kappa shape index (κ3) is 5.33. The molecule has 0 saturated carbocycles. The topological polar surface area (TPSA) is 67.3 Å². The van der Waals surface area contributed by atoms with Gasteiger partial charge in [0.05, 0.1) is 12.4 Å². The van der Waals surface area contributed by atoms with Crippen LogP contribution in [0.4, 0.5) is 5.82 Å². The second-order valence-electron chi connectivity index (χ2n) is 4.63. The molecule has 2 rings (SSSR count). The Balaban J connectivity index is 1.96. The van der Waals surface area contributed by atoms with Crippen LogP contribution in [0.3, 0.4) is 0 Å². The lowest BCUT2D eigenvalue weighted by atomic mass is 10.1. The van der Waals surface area contributed by atoms with Gasteiger partial charge in [0.1, 0.15) is 11.0 Å². The lowest BCUT2D eigenvalue weighted by molar-refractivity contribution is -0.130. The monoisotopic (exact) mass is 330 g/mol. The van der Waals surface area contributed by atoms with E-state index in [1.54, 1.807) is 13.0 Å². The van der Waals surface area contributed by atoms with Crippen LogP contribution >= 0.6 is 23.4 Å². The fraction of sp³-hybridized carbons (Fsp3) is 0.615. The van der Waals surface area contributed by atoms with Crippen molar-refractivity contribution in [3.63, 3.8) is 0 Å². The van der Waals surface area contributed by atoms with E-state index in [2.05, 4.69) is 20.3 Å². The number of aromatic nitrogens is 2. The fourth-order valence-electron chi connectivity index (χ4n) is 2.05. The summed E-state index contributed by atoms with van der Waals surface area (Å²) in [6, 6.07) is 1.78. The fourth-order valence-corrected chi connectivity index (χ4v) is 2.92. The van der Waals surface area contributed by atoms with Crippen molar-refractivity contribution in [1.82, 2.24) is 15.4 Å². The maximum Gasteiger partial charge on any atom is 0.254 e. The predicted molar refractivity (Wildman–Crippen MR) is 83.6 cm³/mol. The van der Waals surface area contributed by atoms with Gasteiger partial charge in [0.15, 0.2) is 5.16 Å². The molecule has 1 saturated heterocycles. The van der Waals surface area contributed by atoms with E-state index >= 15 is 0 Å². The highest BCUT2D eigenvalue weighted by Crippen LogP contribution is 2.24. The van der Waals surface area contributed by atoms with E-state index in [0.29, 0.717) is 16.9 Å². The summed E-state index contributed by atoms with van der Waals surface area (Å²) in [6.07, 6.45) is 3.59. The maximum absolute atomic E-state index is 11.5. The van der Waals surface area contributed by atoms with E-state index in [-0.39, 0.29) is 11.7 Å². The van der Waals surface area contributed by atoms with Crippen LogP contribution in [0.5, 0.6) is 0 Å². The minimum atomic E-state index is -0.218. The summed E-state index contributed by atoms with van der Waals surface area (Å²) in [6.45, 7) is 4.21. The van der Waals surface area contributed by atoms with Gasteiger partial charge in [-0.25, -0.2) is 15.4 Å². The molecule has 0 aliphatic carbocycles. The van der Waals surface area contributed by atoms with Crippen molar-refractivity contribution in [2.75, 3.05) is 30.3 Å². The number of hydroxylamine groups is 1. The molecule has 0 aromatic carbocycles. The summed E-state index contributed by atoms with van der Waals surface area (Å²) < 4.78 is 0. The molecule has 0 radical (unpaired) electrons. The summed E-state index contributed by atoms with van der Waals surface area (Å²) in [5, 5.41) is 0.910. The average Bonchev–Trinajstić information content (AvgIpc) is 2.51. The number of thioether (sulfide) groups is 1. The minimum absolute atomic E-state index is 0.194. The lowest BCUT2D eigenvalue weighted by Crippen LogP contribution is -2.30. The van der Waals surface area contributed by atoms with E-state index < -0.39 is 0 Å². The van der Waals surface area contributed by atoms with Gasteiger partial charge < -0.3 is 4.90 Å². The number of carbonyl (C=O) groups excluding carboxylic acids is 1. The molecule has 6 nitrogen and oxygen atoms in total. The molecule has 1 aliphatic rings. The van der Waals surface area contributed by atoms with Gasteiger partial charge in [0, 0.05) is 19.2 Å². The molecule has 8 heteroatoms. The third-order valence-corrected chi connectivity index (χ3v) is 4.04. The second kappa shape index (κ2) is 8.41. The van der Waals surface area contributed by atoms with Crippen molar-refractivity contribution in [1.29, 1.82) is 0 Å². The Morgan fingerprint density at radius 1 is 1.43 bits per heavy atom. The standard InChI is InChI=1S/C13H19ClN4O2S/c1-2-20-17-12(19)9-21-13-15-10(14)8-11(16-13)18-6-4-3-5-7-18/h8H,2-7,9H2,1H3,(H,17,19). The number of anilines is 1. The highest BCUT2D eigenvalue weighted by atomic mass is 35.5. The molecule has 0 atom stereocenters. The second-order valence-corrected chi connectivity index (χ2v) is 5.96. The number of piperidine rings is 1. The molecular formula is C13H19ClN4O2S. The van der Waals surface area contributed by atoms with Gasteiger partial charge in [-0.3, -0.25) is 9.63 Å². The van der Waals surface area contributed by atoms with Crippen molar-refractivity contribution in [3.8, 4) is 0 Å². The lowest BCUT2D eigenvalue weighted by Gasteiger charge is -2.27. The quantitative estimate of drug-likeness (QED) is 0.373. The molecule has 0 unspecified atom stereocenters. The van der Waals surface area contributed by atoms with Crippen molar-refractivity contribution < 1.29 is 9.63 Å². The number of hydrogen-bond donors (Lipinski definition) is 1. The molecule has 2 heterocycles. The summed E-state index contributed by atoms with van der Waals surface area (Å²) >= 11 is 7.30. The SMILES string of the molecule is CCONC(=O)CSc1nc(Cl)cc(N2CCCCC2)n1. The number of halogens is 1. The van der Waals surface area contributed by atoms with Crippen molar-refractivity contribution in [2.45, 2.75) is 31.3 Å². The number of hydrogen-bond acceptors (Lipinski definition) is 6. The van der Waals surface area contributed by atoms with Gasteiger partial charge in [0.25, 0.3) is 5.91 Å². The number of nitrogens with zero attached hydrogens (tertiary/aromatic N) is 3. The van der Waals surface area contributed by atoms with Crippen LogP contribution in [0.15, 0.2) is 11.2 Å². The minimum Gasteiger partial charge on any atom is -0.356 e. The molecule has 0 spiro atoms. The first-order chi connectivity index (χ1) is 10.2. The van der Waals surface area contributed by atoms with Crippen LogP contribution in [0, 0.1) is 0 Å². The summed E-state index contributed by atoms with van der Waals surface area (Å²) in [4.78, 5) is 27.2. The summed E-state index contributed by atoms with van der Waals surface area (Å²) in [5.74, 6) is 0.812. The van der Waals surface area contributed by atoms with Crippen LogP contribution in [-0.2, 0) is 9.63 Å². The van der Waals surface area contributed by atoms with E-state index in [0.717, 1.165) is 18.9 Å². The Morgan fingerprint density at radius 3 is 2.90 bits per heavy atom. The van der Waals surface area contributed by atoms with Crippen LogP contribution < -0.4 is 10.4 Å². The Morgan fingerprint density at radius 2 is 2.19 bits per heavy atom. The van der Waals surface area contributed by atoms with Crippen molar-refractivity contribution in [2.24, 2.45) is 0 Å². The smallest absolute Gasteiger partial charge is 0.254 e. The van der Waals surface area contributed by atoms with E-state index in [1.165, 1.54) is 31.0 Å². The largest absolute Gasteiger partial charge is 0.356 e. The van der Waals surface area contributed by atoms with Gasteiger partial charge in [-0.15, -0.1) is 0 Å². The van der Waals surface area contributed by atoms with E-state index in [4.69, 9.17) is 16.4 Å². The number of amides is 1. The van der Waals surface area contributed by atoms with Gasteiger partial charge in [-0.2, -0.15) is 0 Å². The number of nitrogens with one attached hydrogen (secondary N) is 1. The van der Waals surface area contributed by atoms with Gasteiger partial charge >= 0.3 is 0 Å². The first-order valence-corrected chi connectivity index (χ1v) is 8.38. The van der Waals surface area contributed by atoms with Gasteiger partial charge in [-0.05, 0) is 26.2 Å². The molecule has 1 aliphatic heterocycles. The first kappa shape index (κ1) is 16.3. The van der Waals surface area contributed by atoms with E-state index in [9.17, 15) is 4.79 Å². The Kier molecular flexibility index (Phi) is 6.53. The highest BCUT2D eigenvalue weighted by molar-refractivity contribution is 7.99. The predicted octanol–water partition coefficient (Wildman–Crippen LogP) is 2.28. The third-order valence-electron chi connectivity index (χ3n) is 3.00. The number of rotatable bonds is 6. The summed E-state index contributed by atoms with van der Waals surface area (Å²) in [7, 11) is 0. The summed E-state index contributed by atoms with van der Waals surface area (Å²) in [5.41, 5.74) is 2.34. The molecule has 0 bridgehead atoms. The van der Waals surface area contributed by atoms with E-state index in [1.807, 2.05) is 0 Å². The molecule has 1 aromatic heterocycles. The van der Waals surface area contributed by atoms with Crippen LogP contribution in [0.25, 0.3) is 0 Å². The zero-order valence-corrected chi connectivity index (χ0v) is 13.5. The first-order valence-electron chi connectivity index (χ1n) is 7.02. The van der Waals surface area contributed by atoms with Crippen LogP contribution in [0.1, 0.15) is 26.2 Å². The molecule has 1 fully saturated rings. The van der Waals surface area contributed by atoms with Crippen molar-refractivity contribution >= 4 is 35.1 Å². The molecular weight excluding hydrogens is 312 g/mol.